The number of allylic oxidation sites excluding steroid dienone is 1. The van der Waals surface area contributed by atoms with Crippen molar-refractivity contribution in [2.45, 2.75) is 30.9 Å². The minimum absolute atomic E-state index is 0.909. The minimum atomic E-state index is 0.909. The highest BCUT2D eigenvalue weighted by molar-refractivity contribution is 8.04. The van der Waals surface area contributed by atoms with Crippen molar-refractivity contribution in [3.05, 3.63) is 22.8 Å². The smallest absolute Gasteiger partial charge is 0.0371 e. The number of hydrogen-bond donors (Lipinski definition) is 1. The molecule has 1 nitrogen and oxygen atoms in total. The Morgan fingerprint density at radius 1 is 1.31 bits per heavy atom. The van der Waals surface area contributed by atoms with E-state index in [1.54, 1.807) is 10.5 Å². The molecular formula is C11H15NS. The third-order valence-electron chi connectivity index (χ3n) is 3.39. The Kier molecular flexibility index (Phi) is 1.90. The van der Waals surface area contributed by atoms with Gasteiger partial charge in [-0.3, -0.25) is 0 Å². The third kappa shape index (κ3) is 1.23. The van der Waals surface area contributed by atoms with Gasteiger partial charge >= 0.3 is 0 Å². The summed E-state index contributed by atoms with van der Waals surface area (Å²) in [7, 11) is 0. The van der Waals surface area contributed by atoms with Gasteiger partial charge in [-0.15, -0.1) is 11.8 Å². The largest absolute Gasteiger partial charge is 0.387 e. The number of dihydropyridines is 1. The van der Waals surface area contributed by atoms with Gasteiger partial charge in [0.25, 0.3) is 0 Å². The second kappa shape index (κ2) is 3.09. The summed E-state index contributed by atoms with van der Waals surface area (Å²) >= 11 is 2.13. The first kappa shape index (κ1) is 7.98. The van der Waals surface area contributed by atoms with Gasteiger partial charge in [0.05, 0.1) is 0 Å². The number of hydrogen-bond acceptors (Lipinski definition) is 2. The summed E-state index contributed by atoms with van der Waals surface area (Å²) < 4.78 is 0. The van der Waals surface area contributed by atoms with Crippen LogP contribution in [0.2, 0.25) is 0 Å². The molecule has 1 aliphatic carbocycles. The highest BCUT2D eigenvalue weighted by Gasteiger charge is 2.36. The number of nitrogens with one attached hydrogen (secondary N) is 1. The molecule has 0 radical (unpaired) electrons. The van der Waals surface area contributed by atoms with Gasteiger partial charge in [0.2, 0.25) is 0 Å². The molecular weight excluding hydrogens is 178 g/mol. The molecule has 0 amide bonds. The van der Waals surface area contributed by atoms with Crippen LogP contribution in [-0.2, 0) is 0 Å². The van der Waals surface area contributed by atoms with Crippen LogP contribution < -0.4 is 5.32 Å². The zero-order chi connectivity index (χ0) is 8.67. The van der Waals surface area contributed by atoms with Crippen LogP contribution in [0, 0.1) is 5.92 Å². The Hall–Kier alpha value is -0.370. The van der Waals surface area contributed by atoms with Crippen LogP contribution in [0.25, 0.3) is 0 Å². The summed E-state index contributed by atoms with van der Waals surface area (Å²) in [6, 6.07) is 0. The number of thioether (sulfide) groups is 1. The SMILES string of the molecule is C1=CC2=C(CN1)C1CCCCC1S2. The van der Waals surface area contributed by atoms with Crippen LogP contribution in [0.4, 0.5) is 0 Å². The fourth-order valence-electron chi connectivity index (χ4n) is 2.73. The fourth-order valence-corrected chi connectivity index (χ4v) is 4.32. The molecule has 0 saturated heterocycles. The first-order valence-electron chi connectivity index (χ1n) is 5.25. The number of fused-ring (bicyclic) bond motifs is 2. The summed E-state index contributed by atoms with van der Waals surface area (Å²) in [6.45, 7) is 1.11. The lowest BCUT2D eigenvalue weighted by molar-refractivity contribution is 0.415. The summed E-state index contributed by atoms with van der Waals surface area (Å²) in [5.74, 6) is 0.909. The third-order valence-corrected chi connectivity index (χ3v) is 4.91. The average molecular weight is 193 g/mol. The summed E-state index contributed by atoms with van der Waals surface area (Å²) in [5, 5.41) is 4.26. The van der Waals surface area contributed by atoms with Crippen molar-refractivity contribution in [1.29, 1.82) is 0 Å². The Bertz CT molecular complexity index is 280. The van der Waals surface area contributed by atoms with Crippen molar-refractivity contribution in [2.75, 3.05) is 6.54 Å². The van der Waals surface area contributed by atoms with Gasteiger partial charge in [0.15, 0.2) is 0 Å². The van der Waals surface area contributed by atoms with E-state index in [1.807, 2.05) is 0 Å². The van der Waals surface area contributed by atoms with E-state index in [9.17, 15) is 0 Å². The molecule has 3 aliphatic rings. The lowest BCUT2D eigenvalue weighted by Crippen LogP contribution is -2.24. The van der Waals surface area contributed by atoms with E-state index >= 15 is 0 Å². The molecule has 0 aromatic carbocycles. The van der Waals surface area contributed by atoms with Crippen LogP contribution in [0.3, 0.4) is 0 Å². The second-order valence-corrected chi connectivity index (χ2v) is 5.43. The molecule has 0 aromatic rings. The van der Waals surface area contributed by atoms with Crippen molar-refractivity contribution < 1.29 is 0 Å². The summed E-state index contributed by atoms with van der Waals surface area (Å²) in [6.07, 6.45) is 10.1. The molecule has 1 saturated carbocycles. The van der Waals surface area contributed by atoms with Crippen molar-refractivity contribution in [3.8, 4) is 0 Å². The van der Waals surface area contributed by atoms with Gasteiger partial charge in [0, 0.05) is 16.7 Å². The Balaban J connectivity index is 1.90. The van der Waals surface area contributed by atoms with Gasteiger partial charge in [-0.2, -0.15) is 0 Å². The van der Waals surface area contributed by atoms with E-state index in [4.69, 9.17) is 0 Å². The standard InChI is InChI=1S/C11H15NS/c1-2-4-10-8(3-1)9-7-12-6-5-11(9)13-10/h5-6,8,10,12H,1-4,7H2. The van der Waals surface area contributed by atoms with Crippen LogP contribution in [-0.4, -0.2) is 11.8 Å². The maximum Gasteiger partial charge on any atom is 0.0371 e. The van der Waals surface area contributed by atoms with Crippen LogP contribution in [0.5, 0.6) is 0 Å². The molecule has 1 N–H and O–H groups in total. The van der Waals surface area contributed by atoms with E-state index in [1.165, 1.54) is 25.7 Å². The molecule has 70 valence electrons. The van der Waals surface area contributed by atoms with Crippen molar-refractivity contribution in [2.24, 2.45) is 5.92 Å². The molecule has 13 heavy (non-hydrogen) atoms. The van der Waals surface area contributed by atoms with E-state index < -0.39 is 0 Å². The monoisotopic (exact) mass is 193 g/mol. The second-order valence-electron chi connectivity index (χ2n) is 4.15. The zero-order valence-corrected chi connectivity index (χ0v) is 8.57. The van der Waals surface area contributed by atoms with Gasteiger partial charge in [-0.05, 0) is 36.6 Å². The predicted molar refractivity (Wildman–Crippen MR) is 57.5 cm³/mol. The van der Waals surface area contributed by atoms with Crippen molar-refractivity contribution in [1.82, 2.24) is 5.32 Å². The summed E-state index contributed by atoms with van der Waals surface area (Å²) in [4.78, 5) is 1.58. The zero-order valence-electron chi connectivity index (χ0n) is 7.75. The van der Waals surface area contributed by atoms with Crippen LogP contribution >= 0.6 is 11.8 Å². The lowest BCUT2D eigenvalue weighted by atomic mass is 9.83. The van der Waals surface area contributed by atoms with Gasteiger partial charge in [0.1, 0.15) is 0 Å². The van der Waals surface area contributed by atoms with E-state index in [0.29, 0.717) is 0 Å². The molecule has 2 heteroatoms. The molecule has 2 aliphatic heterocycles. The molecule has 2 atom stereocenters. The first-order chi connectivity index (χ1) is 6.45. The van der Waals surface area contributed by atoms with Crippen molar-refractivity contribution in [3.63, 3.8) is 0 Å². The predicted octanol–water partition coefficient (Wildman–Crippen LogP) is 2.66. The fraction of sp³-hybridized carbons (Fsp3) is 0.636. The molecule has 1 fully saturated rings. The van der Waals surface area contributed by atoms with Gasteiger partial charge in [-0.25, -0.2) is 0 Å². The van der Waals surface area contributed by atoms with Gasteiger partial charge < -0.3 is 5.32 Å². The molecule has 0 spiro atoms. The molecule has 0 aromatic heterocycles. The maximum absolute atomic E-state index is 3.34. The van der Waals surface area contributed by atoms with Crippen LogP contribution in [0.15, 0.2) is 22.8 Å². The Labute approximate surface area is 83.7 Å². The highest BCUT2D eigenvalue weighted by Crippen LogP contribution is 2.49. The molecule has 2 unspecified atom stereocenters. The lowest BCUT2D eigenvalue weighted by Gasteiger charge is -2.26. The molecule has 3 rings (SSSR count). The minimum Gasteiger partial charge on any atom is -0.387 e. The number of rotatable bonds is 0. The normalized spacial score (nSPS) is 36.9. The maximum atomic E-state index is 3.34. The average Bonchev–Trinajstić information content (AvgIpc) is 2.56. The summed E-state index contributed by atoms with van der Waals surface area (Å²) in [5.41, 5.74) is 1.71. The van der Waals surface area contributed by atoms with Crippen LogP contribution in [0.1, 0.15) is 25.7 Å². The molecule has 2 heterocycles. The van der Waals surface area contributed by atoms with E-state index in [2.05, 4.69) is 29.4 Å². The molecule has 0 bridgehead atoms. The first-order valence-corrected chi connectivity index (χ1v) is 6.13. The Morgan fingerprint density at radius 3 is 3.23 bits per heavy atom. The van der Waals surface area contributed by atoms with Gasteiger partial charge in [-0.1, -0.05) is 12.8 Å². The van der Waals surface area contributed by atoms with E-state index in [-0.39, 0.29) is 0 Å². The topological polar surface area (TPSA) is 12.0 Å². The quantitative estimate of drug-likeness (QED) is 0.635. The highest BCUT2D eigenvalue weighted by atomic mass is 32.2. The van der Waals surface area contributed by atoms with E-state index in [0.717, 1.165) is 17.7 Å². The van der Waals surface area contributed by atoms with Crippen molar-refractivity contribution >= 4 is 11.8 Å². The Morgan fingerprint density at radius 2 is 2.23 bits per heavy atom.